The number of nitrogens with one attached hydrogen (secondary N) is 1. The van der Waals surface area contributed by atoms with Crippen LogP contribution in [0, 0.1) is 0 Å². The number of nitrogens with zero attached hydrogens (tertiary/aromatic N) is 1. The first kappa shape index (κ1) is 25.6. The van der Waals surface area contributed by atoms with E-state index in [2.05, 4.69) is 11.4 Å². The maximum atomic E-state index is 13.2. The van der Waals surface area contributed by atoms with Crippen LogP contribution in [-0.4, -0.2) is 56.5 Å². The zero-order valence-corrected chi connectivity index (χ0v) is 21.3. The smallest absolute Gasteiger partial charge is 0.338 e. The number of rotatable bonds is 6. The first-order chi connectivity index (χ1) is 16.6. The number of benzene rings is 2. The van der Waals surface area contributed by atoms with Gasteiger partial charge >= 0.3 is 5.97 Å². The van der Waals surface area contributed by atoms with Crippen molar-refractivity contribution in [2.24, 2.45) is 0 Å². The number of carbonyl (C=O) groups excluding carboxylic acids is 2. The summed E-state index contributed by atoms with van der Waals surface area (Å²) in [6.07, 6.45) is 2.21. The van der Waals surface area contributed by atoms with Crippen LogP contribution in [0.15, 0.2) is 47.4 Å². The molecule has 1 N–H and O–H groups in total. The zero-order valence-electron chi connectivity index (χ0n) is 19.7. The van der Waals surface area contributed by atoms with Gasteiger partial charge < -0.3 is 14.8 Å². The highest BCUT2D eigenvalue weighted by Crippen LogP contribution is 2.30. The van der Waals surface area contributed by atoms with Crippen molar-refractivity contribution in [1.82, 2.24) is 9.62 Å². The van der Waals surface area contributed by atoms with E-state index in [0.29, 0.717) is 0 Å². The molecule has 2 aromatic carbocycles. The minimum absolute atomic E-state index is 0.00172. The Bertz CT molecular complexity index is 1210. The van der Waals surface area contributed by atoms with Crippen LogP contribution in [0.3, 0.4) is 0 Å². The Morgan fingerprint density at radius 3 is 2.60 bits per heavy atom. The minimum atomic E-state index is -3.96. The molecule has 10 heteroatoms. The molecule has 1 fully saturated rings. The number of halogens is 1. The maximum Gasteiger partial charge on any atom is 0.338 e. The number of hydrogen-bond donors (Lipinski definition) is 1. The van der Waals surface area contributed by atoms with Crippen molar-refractivity contribution in [3.63, 3.8) is 0 Å². The Morgan fingerprint density at radius 2 is 1.86 bits per heavy atom. The van der Waals surface area contributed by atoms with Crippen molar-refractivity contribution < 1.29 is 27.5 Å². The fourth-order valence-corrected chi connectivity index (χ4v) is 6.74. The lowest BCUT2D eigenvalue weighted by molar-refractivity contribution is -0.125. The third kappa shape index (κ3) is 5.86. The van der Waals surface area contributed by atoms with Gasteiger partial charge in [0.05, 0.1) is 28.8 Å². The molecule has 188 valence electrons. The molecule has 2 aromatic rings. The van der Waals surface area contributed by atoms with Crippen LogP contribution in [0.2, 0.25) is 5.02 Å². The van der Waals surface area contributed by atoms with E-state index in [1.807, 2.05) is 18.2 Å². The molecule has 35 heavy (non-hydrogen) atoms. The second-order valence-corrected chi connectivity index (χ2v) is 11.3. The van der Waals surface area contributed by atoms with Gasteiger partial charge in [0, 0.05) is 13.1 Å². The molecule has 1 amide bonds. The first-order valence-corrected chi connectivity index (χ1v) is 13.5. The fourth-order valence-electron chi connectivity index (χ4n) is 4.65. The second-order valence-electron chi connectivity index (χ2n) is 9.01. The van der Waals surface area contributed by atoms with Crippen molar-refractivity contribution in [3.05, 3.63) is 64.2 Å². The lowest BCUT2D eigenvalue weighted by Gasteiger charge is -2.34. The number of carbonyl (C=O) groups is 2. The second kappa shape index (κ2) is 10.7. The largest absolute Gasteiger partial charge is 0.452 e. The number of esters is 1. The van der Waals surface area contributed by atoms with Gasteiger partial charge in [-0.25, -0.2) is 13.2 Å². The summed E-state index contributed by atoms with van der Waals surface area (Å²) in [5.41, 5.74) is 2.29. The summed E-state index contributed by atoms with van der Waals surface area (Å²) in [6.45, 7) is 3.49. The summed E-state index contributed by atoms with van der Waals surface area (Å²) in [6, 6.07) is 11.8. The monoisotopic (exact) mass is 520 g/mol. The van der Waals surface area contributed by atoms with Gasteiger partial charge in [0.15, 0.2) is 6.61 Å². The molecule has 8 nitrogen and oxygen atoms in total. The lowest BCUT2D eigenvalue weighted by Crippen LogP contribution is -2.48. The van der Waals surface area contributed by atoms with Crippen LogP contribution in [0.25, 0.3) is 0 Å². The molecule has 1 aliphatic carbocycles. The summed E-state index contributed by atoms with van der Waals surface area (Å²) in [4.78, 5) is 24.9. The Labute approximate surface area is 210 Å². The molecule has 0 bridgehead atoms. The predicted octanol–water partition coefficient (Wildman–Crippen LogP) is 3.49. The molecule has 1 saturated heterocycles. The summed E-state index contributed by atoms with van der Waals surface area (Å²) in [5, 5.41) is 2.93. The predicted molar refractivity (Wildman–Crippen MR) is 131 cm³/mol. The highest BCUT2D eigenvalue weighted by molar-refractivity contribution is 7.89. The number of ether oxygens (including phenoxy) is 2. The molecule has 4 rings (SSSR count). The van der Waals surface area contributed by atoms with Crippen LogP contribution >= 0.6 is 11.6 Å². The van der Waals surface area contributed by atoms with E-state index in [1.165, 1.54) is 28.1 Å². The molecule has 0 spiro atoms. The van der Waals surface area contributed by atoms with Gasteiger partial charge in [0.25, 0.3) is 5.91 Å². The highest BCUT2D eigenvalue weighted by atomic mass is 35.5. The van der Waals surface area contributed by atoms with E-state index in [0.717, 1.165) is 24.8 Å². The number of aryl methyl sites for hydroxylation is 1. The quantitative estimate of drug-likeness (QED) is 0.585. The maximum absolute atomic E-state index is 13.2. The highest BCUT2D eigenvalue weighted by Gasteiger charge is 2.34. The van der Waals surface area contributed by atoms with Crippen LogP contribution in [0.5, 0.6) is 0 Å². The summed E-state index contributed by atoms with van der Waals surface area (Å²) in [7, 11) is -3.96. The van der Waals surface area contributed by atoms with Crippen molar-refractivity contribution in [2.75, 3.05) is 19.7 Å². The van der Waals surface area contributed by atoms with Gasteiger partial charge in [0.2, 0.25) is 10.0 Å². The van der Waals surface area contributed by atoms with E-state index in [9.17, 15) is 18.0 Å². The molecule has 0 radical (unpaired) electrons. The number of amides is 1. The molecule has 0 aromatic heterocycles. The molecular weight excluding hydrogens is 492 g/mol. The van der Waals surface area contributed by atoms with E-state index in [4.69, 9.17) is 21.1 Å². The fraction of sp³-hybridized carbons (Fsp3) is 0.440. The van der Waals surface area contributed by atoms with Gasteiger partial charge in [-0.05, 0) is 62.4 Å². The van der Waals surface area contributed by atoms with Crippen molar-refractivity contribution >= 4 is 33.5 Å². The SMILES string of the molecule is C[C@@H]1CN(S(=O)(=O)c2cc(C(=O)OCC(=O)N[C@H]3CCCc4ccccc43)ccc2Cl)C[C@H](C)O1. The third-order valence-electron chi connectivity index (χ3n) is 6.21. The van der Waals surface area contributed by atoms with Crippen molar-refractivity contribution in [1.29, 1.82) is 0 Å². The number of morpholine rings is 1. The van der Waals surface area contributed by atoms with Crippen LogP contribution in [-0.2, 0) is 30.7 Å². The van der Waals surface area contributed by atoms with E-state index in [-0.39, 0.29) is 46.8 Å². The standard InChI is InChI=1S/C25H29ClN2O6S/c1-16-13-28(14-17(2)34-16)35(31,32)23-12-19(10-11-21(23)26)25(30)33-15-24(29)27-22-9-5-7-18-6-3-4-8-20(18)22/h3-4,6,8,10-12,16-17,22H,5,7,9,13-15H2,1-2H3,(H,27,29)/t16-,17+,22-/m0/s1. The van der Waals surface area contributed by atoms with Gasteiger partial charge in [-0.2, -0.15) is 4.31 Å². The zero-order chi connectivity index (χ0) is 25.2. The van der Waals surface area contributed by atoms with Gasteiger partial charge in [0.1, 0.15) is 4.90 Å². The molecule has 0 unspecified atom stereocenters. The van der Waals surface area contributed by atoms with Crippen molar-refractivity contribution in [3.8, 4) is 0 Å². The van der Waals surface area contributed by atoms with E-state index >= 15 is 0 Å². The van der Waals surface area contributed by atoms with Gasteiger partial charge in [-0.1, -0.05) is 35.9 Å². The van der Waals surface area contributed by atoms with Crippen LogP contribution in [0.1, 0.15) is 54.2 Å². The molecule has 0 saturated carbocycles. The summed E-state index contributed by atoms with van der Waals surface area (Å²) in [5.74, 6) is -1.22. The average molecular weight is 521 g/mol. The van der Waals surface area contributed by atoms with Crippen LogP contribution in [0.4, 0.5) is 0 Å². The molecule has 1 heterocycles. The summed E-state index contributed by atoms with van der Waals surface area (Å²) >= 11 is 6.20. The molecule has 2 aliphatic rings. The molecule has 3 atom stereocenters. The first-order valence-electron chi connectivity index (χ1n) is 11.6. The van der Waals surface area contributed by atoms with Crippen LogP contribution < -0.4 is 5.32 Å². The average Bonchev–Trinajstić information content (AvgIpc) is 2.82. The number of sulfonamides is 1. The molecular formula is C25H29ClN2O6S. The van der Waals surface area contributed by atoms with E-state index in [1.54, 1.807) is 13.8 Å². The third-order valence-corrected chi connectivity index (χ3v) is 8.52. The van der Waals surface area contributed by atoms with Gasteiger partial charge in [-0.3, -0.25) is 4.79 Å². The number of hydrogen-bond acceptors (Lipinski definition) is 6. The summed E-state index contributed by atoms with van der Waals surface area (Å²) < 4.78 is 38.6. The van der Waals surface area contributed by atoms with Gasteiger partial charge in [-0.15, -0.1) is 0 Å². The van der Waals surface area contributed by atoms with E-state index < -0.39 is 28.5 Å². The number of fused-ring (bicyclic) bond motifs is 1. The minimum Gasteiger partial charge on any atom is -0.452 e. The Kier molecular flexibility index (Phi) is 7.80. The van der Waals surface area contributed by atoms with Crippen molar-refractivity contribution in [2.45, 2.75) is 56.3 Å². The lowest BCUT2D eigenvalue weighted by atomic mass is 9.88. The Morgan fingerprint density at radius 1 is 1.14 bits per heavy atom. The Balaban J connectivity index is 1.41. The topological polar surface area (TPSA) is 102 Å². The Hall–Kier alpha value is -2.46. The molecule has 1 aliphatic heterocycles. The normalized spacial score (nSPS) is 22.8.